The van der Waals surface area contributed by atoms with E-state index < -0.39 is 12.1 Å². The third kappa shape index (κ3) is 3.49. The molecule has 5 rings (SSSR count). The molecule has 29 heavy (non-hydrogen) atoms. The van der Waals surface area contributed by atoms with Gasteiger partial charge in [-0.05, 0) is 44.0 Å². The molecule has 0 aliphatic heterocycles. The number of para-hydroxylation sites is 1. The normalized spacial score (nSPS) is 14.7. The summed E-state index contributed by atoms with van der Waals surface area (Å²) in [5, 5.41) is 8.90. The number of esters is 1. The Morgan fingerprint density at radius 3 is 2.62 bits per heavy atom. The molecule has 1 fully saturated rings. The van der Waals surface area contributed by atoms with E-state index in [4.69, 9.17) is 14.1 Å². The van der Waals surface area contributed by atoms with Crippen LogP contribution in [0.2, 0.25) is 0 Å². The van der Waals surface area contributed by atoms with Crippen LogP contribution in [-0.4, -0.2) is 21.2 Å². The number of benzene rings is 2. The molecule has 6 nitrogen and oxygen atoms in total. The van der Waals surface area contributed by atoms with Gasteiger partial charge in [-0.3, -0.25) is 4.98 Å². The smallest absolute Gasteiger partial charge is 0.339 e. The van der Waals surface area contributed by atoms with Crippen LogP contribution < -0.4 is 0 Å². The van der Waals surface area contributed by atoms with Gasteiger partial charge >= 0.3 is 5.97 Å². The van der Waals surface area contributed by atoms with E-state index in [0.29, 0.717) is 17.4 Å². The fourth-order valence-corrected chi connectivity index (χ4v) is 3.32. The van der Waals surface area contributed by atoms with E-state index in [9.17, 15) is 4.79 Å². The Bertz CT molecular complexity index is 1180. The molecular weight excluding hydrogens is 366 g/mol. The molecule has 0 radical (unpaired) electrons. The van der Waals surface area contributed by atoms with Crippen LogP contribution in [0.25, 0.3) is 22.4 Å². The molecule has 1 aliphatic rings. The number of pyridine rings is 1. The largest absolute Gasteiger partial charge is 0.449 e. The van der Waals surface area contributed by atoms with Gasteiger partial charge in [0.2, 0.25) is 5.89 Å². The number of hydrogen-bond acceptors (Lipinski definition) is 6. The number of aromatic nitrogens is 3. The second-order valence-electron chi connectivity index (χ2n) is 7.25. The van der Waals surface area contributed by atoms with Gasteiger partial charge in [-0.2, -0.15) is 0 Å². The Morgan fingerprint density at radius 2 is 1.83 bits per heavy atom. The van der Waals surface area contributed by atoms with Crippen LogP contribution in [0.5, 0.6) is 0 Å². The molecule has 2 aromatic carbocycles. The van der Waals surface area contributed by atoms with Crippen molar-refractivity contribution in [3.05, 3.63) is 77.8 Å². The zero-order chi connectivity index (χ0) is 19.8. The first kappa shape index (κ1) is 17.6. The predicted molar refractivity (Wildman–Crippen MR) is 107 cm³/mol. The number of rotatable bonds is 5. The third-order valence-corrected chi connectivity index (χ3v) is 5.04. The molecule has 1 unspecified atom stereocenters. The molecule has 2 aromatic heterocycles. The second-order valence-corrected chi connectivity index (χ2v) is 7.25. The molecule has 0 N–H and O–H groups in total. The molecule has 0 bridgehead atoms. The van der Waals surface area contributed by atoms with Crippen molar-refractivity contribution >= 4 is 16.9 Å². The van der Waals surface area contributed by atoms with Crippen molar-refractivity contribution in [3.63, 3.8) is 0 Å². The first-order valence-electron chi connectivity index (χ1n) is 9.68. The standard InChI is InChI=1S/C23H19N3O3/c1-14(21-25-26-22(29-21)16-7-3-2-4-8-16)28-23(27)18-13-20(15-11-12-15)24-19-10-6-5-9-17(18)19/h2-10,13-15H,11-12H2,1H3. The fourth-order valence-electron chi connectivity index (χ4n) is 3.32. The number of carbonyl (C=O) groups excluding carboxylic acids is 1. The topological polar surface area (TPSA) is 78.1 Å². The number of hydrogen-bond donors (Lipinski definition) is 0. The van der Waals surface area contributed by atoms with E-state index in [1.807, 2.05) is 60.7 Å². The van der Waals surface area contributed by atoms with E-state index in [-0.39, 0.29) is 5.89 Å². The highest BCUT2D eigenvalue weighted by molar-refractivity contribution is 6.03. The maximum Gasteiger partial charge on any atom is 0.339 e. The molecule has 0 amide bonds. The van der Waals surface area contributed by atoms with E-state index >= 15 is 0 Å². The molecule has 0 spiro atoms. The van der Waals surface area contributed by atoms with Crippen LogP contribution in [0.15, 0.2) is 65.1 Å². The lowest BCUT2D eigenvalue weighted by molar-refractivity contribution is 0.0282. The van der Waals surface area contributed by atoms with Crippen LogP contribution in [0, 0.1) is 0 Å². The molecule has 1 atom stereocenters. The summed E-state index contributed by atoms with van der Waals surface area (Å²) in [7, 11) is 0. The van der Waals surface area contributed by atoms with E-state index in [1.165, 1.54) is 0 Å². The van der Waals surface area contributed by atoms with Crippen molar-refractivity contribution in [3.8, 4) is 11.5 Å². The van der Waals surface area contributed by atoms with Gasteiger partial charge in [0, 0.05) is 22.6 Å². The molecule has 144 valence electrons. The lowest BCUT2D eigenvalue weighted by atomic mass is 10.1. The Hall–Kier alpha value is -3.54. The lowest BCUT2D eigenvalue weighted by Crippen LogP contribution is -2.11. The average Bonchev–Trinajstić information content (AvgIpc) is 3.49. The Balaban J connectivity index is 1.41. The van der Waals surface area contributed by atoms with Gasteiger partial charge in [0.15, 0.2) is 6.10 Å². The molecule has 6 heteroatoms. The summed E-state index contributed by atoms with van der Waals surface area (Å²) in [5.74, 6) is 0.678. The number of nitrogens with zero attached hydrogens (tertiary/aromatic N) is 3. The van der Waals surface area contributed by atoms with Crippen LogP contribution in [-0.2, 0) is 4.74 Å². The minimum Gasteiger partial charge on any atom is -0.449 e. The molecule has 0 saturated heterocycles. The molecule has 4 aromatic rings. The van der Waals surface area contributed by atoms with Gasteiger partial charge in [0.1, 0.15) is 0 Å². The predicted octanol–water partition coefficient (Wildman–Crippen LogP) is 5.08. The highest BCUT2D eigenvalue weighted by Crippen LogP contribution is 2.40. The maximum absolute atomic E-state index is 13.0. The molecule has 1 aliphatic carbocycles. The van der Waals surface area contributed by atoms with Gasteiger partial charge in [0.05, 0.1) is 11.1 Å². The Kier molecular flexibility index (Phi) is 4.31. The molecular formula is C23H19N3O3. The van der Waals surface area contributed by atoms with Crippen LogP contribution in [0.1, 0.15) is 53.7 Å². The highest BCUT2D eigenvalue weighted by Gasteiger charge is 2.28. The summed E-state index contributed by atoms with van der Waals surface area (Å²) in [6.07, 6.45) is 1.56. The van der Waals surface area contributed by atoms with Gasteiger partial charge in [-0.1, -0.05) is 36.4 Å². The van der Waals surface area contributed by atoms with E-state index in [0.717, 1.165) is 35.0 Å². The Labute approximate surface area is 167 Å². The van der Waals surface area contributed by atoms with E-state index in [1.54, 1.807) is 6.92 Å². The number of fused-ring (bicyclic) bond motifs is 1. The van der Waals surface area contributed by atoms with Gasteiger partial charge in [-0.15, -0.1) is 10.2 Å². The van der Waals surface area contributed by atoms with Crippen molar-refractivity contribution in [2.45, 2.75) is 31.8 Å². The summed E-state index contributed by atoms with van der Waals surface area (Å²) in [6.45, 7) is 1.73. The zero-order valence-electron chi connectivity index (χ0n) is 15.9. The quantitative estimate of drug-likeness (QED) is 0.446. The van der Waals surface area contributed by atoms with Crippen molar-refractivity contribution in [1.29, 1.82) is 0 Å². The highest BCUT2D eigenvalue weighted by atomic mass is 16.6. The lowest BCUT2D eigenvalue weighted by Gasteiger charge is -2.12. The van der Waals surface area contributed by atoms with Gasteiger partial charge < -0.3 is 9.15 Å². The maximum atomic E-state index is 13.0. The first-order valence-corrected chi connectivity index (χ1v) is 9.68. The van der Waals surface area contributed by atoms with Crippen LogP contribution in [0.4, 0.5) is 0 Å². The number of carbonyl (C=O) groups is 1. The van der Waals surface area contributed by atoms with Crippen molar-refractivity contribution in [1.82, 2.24) is 15.2 Å². The average molecular weight is 385 g/mol. The summed E-state index contributed by atoms with van der Waals surface area (Å²) < 4.78 is 11.4. The summed E-state index contributed by atoms with van der Waals surface area (Å²) in [6, 6.07) is 19.0. The van der Waals surface area contributed by atoms with Crippen LogP contribution >= 0.6 is 0 Å². The van der Waals surface area contributed by atoms with Crippen LogP contribution in [0.3, 0.4) is 0 Å². The Morgan fingerprint density at radius 1 is 1.07 bits per heavy atom. The molecule has 1 saturated carbocycles. The number of ether oxygens (including phenoxy) is 1. The minimum absolute atomic E-state index is 0.262. The summed E-state index contributed by atoms with van der Waals surface area (Å²) >= 11 is 0. The van der Waals surface area contributed by atoms with Gasteiger partial charge in [-0.25, -0.2) is 4.79 Å². The monoisotopic (exact) mass is 385 g/mol. The summed E-state index contributed by atoms with van der Waals surface area (Å²) in [4.78, 5) is 17.7. The summed E-state index contributed by atoms with van der Waals surface area (Å²) in [5.41, 5.74) is 3.10. The van der Waals surface area contributed by atoms with Crippen molar-refractivity contribution < 1.29 is 13.9 Å². The first-order chi connectivity index (χ1) is 14.2. The fraction of sp³-hybridized carbons (Fsp3) is 0.217. The zero-order valence-corrected chi connectivity index (χ0v) is 15.9. The van der Waals surface area contributed by atoms with Crippen molar-refractivity contribution in [2.75, 3.05) is 0 Å². The third-order valence-electron chi connectivity index (χ3n) is 5.04. The van der Waals surface area contributed by atoms with E-state index in [2.05, 4.69) is 10.2 Å². The SMILES string of the molecule is CC(OC(=O)c1cc(C2CC2)nc2ccccc12)c1nnc(-c2ccccc2)o1. The van der Waals surface area contributed by atoms with Crippen molar-refractivity contribution in [2.24, 2.45) is 0 Å². The molecule has 2 heterocycles. The van der Waals surface area contributed by atoms with Gasteiger partial charge in [0.25, 0.3) is 5.89 Å². The minimum atomic E-state index is -0.663. The second kappa shape index (κ2) is 7.13.